The van der Waals surface area contributed by atoms with Crippen LogP contribution in [0.3, 0.4) is 0 Å². The Hall–Kier alpha value is -1.75. The zero-order valence-electron chi connectivity index (χ0n) is 16.2. The molecule has 1 aromatic carbocycles. The molecule has 2 aromatic rings. The molecule has 2 heterocycles. The van der Waals surface area contributed by atoms with Crippen LogP contribution in [0.1, 0.15) is 46.4 Å². The molecule has 1 aliphatic rings. The molecule has 1 saturated heterocycles. The first-order valence-electron chi connectivity index (χ1n) is 9.51. The monoisotopic (exact) mass is 354 g/mol. The third kappa shape index (κ3) is 4.50. The minimum Gasteiger partial charge on any atom is -0.392 e. The maximum absolute atomic E-state index is 9.77. The third-order valence-corrected chi connectivity index (χ3v) is 5.43. The maximum Gasteiger partial charge on any atom is 0.0703 e. The summed E-state index contributed by atoms with van der Waals surface area (Å²) in [6.07, 6.45) is 4.44. The van der Waals surface area contributed by atoms with E-state index >= 15 is 0 Å². The second kappa shape index (κ2) is 8.76. The van der Waals surface area contributed by atoms with Crippen LogP contribution in [-0.2, 0) is 24.4 Å². The van der Waals surface area contributed by atoms with Gasteiger partial charge in [-0.15, -0.1) is 0 Å². The molecule has 1 N–H and O–H groups in total. The Balaban J connectivity index is 1.85. The lowest BCUT2D eigenvalue weighted by Gasteiger charge is -2.27. The quantitative estimate of drug-likeness (QED) is 0.824. The van der Waals surface area contributed by atoms with E-state index in [0.717, 1.165) is 50.3 Å². The van der Waals surface area contributed by atoms with Crippen molar-refractivity contribution in [3.8, 4) is 0 Å². The highest BCUT2D eigenvalue weighted by Gasteiger charge is 2.21. The molecule has 140 valence electrons. The van der Waals surface area contributed by atoms with Gasteiger partial charge in [0.15, 0.2) is 0 Å². The second-order valence-corrected chi connectivity index (χ2v) is 7.38. The Kier molecular flexibility index (Phi) is 6.41. The average molecular weight is 354 g/mol. The summed E-state index contributed by atoms with van der Waals surface area (Å²) in [6.45, 7) is 9.91. The van der Waals surface area contributed by atoms with Gasteiger partial charge in [-0.1, -0.05) is 12.1 Å². The Labute approximate surface area is 156 Å². The number of ether oxygens (including phenoxy) is 1. The maximum atomic E-state index is 9.77. The topological polar surface area (TPSA) is 45.6 Å². The average Bonchev–Trinajstić information content (AvgIpc) is 3.12. The highest BCUT2D eigenvalue weighted by atomic mass is 16.5. The van der Waals surface area contributed by atoms with Crippen molar-refractivity contribution in [2.45, 2.75) is 59.4 Å². The summed E-state index contributed by atoms with van der Waals surface area (Å²) in [5.74, 6) is 0. The number of hydrogen-bond acceptors (Lipinski definition) is 4. The van der Waals surface area contributed by atoms with Gasteiger partial charge in [0.25, 0.3) is 0 Å². The summed E-state index contributed by atoms with van der Waals surface area (Å²) in [4.78, 5) is 6.94. The van der Waals surface area contributed by atoms with Gasteiger partial charge < -0.3 is 9.84 Å². The first-order chi connectivity index (χ1) is 12.6. The van der Waals surface area contributed by atoms with Crippen molar-refractivity contribution in [1.29, 1.82) is 0 Å². The van der Waals surface area contributed by atoms with Crippen LogP contribution < -0.4 is 0 Å². The molecule has 0 aliphatic carbocycles. The van der Waals surface area contributed by atoms with Crippen molar-refractivity contribution >= 4 is 0 Å². The van der Waals surface area contributed by atoms with Gasteiger partial charge in [-0.3, -0.25) is 9.88 Å². The van der Waals surface area contributed by atoms with Crippen molar-refractivity contribution in [3.05, 3.63) is 64.0 Å². The van der Waals surface area contributed by atoms with Gasteiger partial charge in [-0.05, 0) is 73.6 Å². The smallest absolute Gasteiger partial charge is 0.0703 e. The van der Waals surface area contributed by atoms with Gasteiger partial charge in [0.2, 0.25) is 0 Å². The van der Waals surface area contributed by atoms with Gasteiger partial charge in [0.1, 0.15) is 0 Å². The number of aliphatic hydroxyl groups excluding tert-OH is 1. The first kappa shape index (κ1) is 19.0. The van der Waals surface area contributed by atoms with Crippen LogP contribution in [0.15, 0.2) is 30.5 Å². The normalized spacial score (nSPS) is 17.2. The molecular weight excluding hydrogens is 324 g/mol. The van der Waals surface area contributed by atoms with Crippen molar-refractivity contribution in [3.63, 3.8) is 0 Å². The highest BCUT2D eigenvalue weighted by Crippen LogP contribution is 2.25. The fourth-order valence-electron chi connectivity index (χ4n) is 3.96. The number of aliphatic hydroxyl groups is 1. The van der Waals surface area contributed by atoms with E-state index in [1.54, 1.807) is 0 Å². The first-order valence-corrected chi connectivity index (χ1v) is 9.51. The molecule has 0 radical (unpaired) electrons. The molecule has 26 heavy (non-hydrogen) atoms. The molecule has 0 saturated carbocycles. The lowest BCUT2D eigenvalue weighted by Crippen LogP contribution is -2.32. The van der Waals surface area contributed by atoms with Gasteiger partial charge >= 0.3 is 0 Å². The van der Waals surface area contributed by atoms with E-state index in [4.69, 9.17) is 4.74 Å². The number of benzene rings is 1. The van der Waals surface area contributed by atoms with Crippen LogP contribution in [0, 0.1) is 20.8 Å². The fraction of sp³-hybridized carbons (Fsp3) is 0.500. The van der Waals surface area contributed by atoms with Crippen LogP contribution >= 0.6 is 0 Å². The number of aromatic nitrogens is 1. The largest absolute Gasteiger partial charge is 0.392 e. The van der Waals surface area contributed by atoms with Gasteiger partial charge in [-0.2, -0.15) is 0 Å². The van der Waals surface area contributed by atoms with Crippen LogP contribution in [0.5, 0.6) is 0 Å². The van der Waals surface area contributed by atoms with E-state index in [-0.39, 0.29) is 6.61 Å². The van der Waals surface area contributed by atoms with Crippen molar-refractivity contribution < 1.29 is 9.84 Å². The van der Waals surface area contributed by atoms with E-state index in [1.165, 1.54) is 22.3 Å². The van der Waals surface area contributed by atoms with Crippen LogP contribution in [0.4, 0.5) is 0 Å². The lowest BCUT2D eigenvalue weighted by molar-refractivity contribution is 0.0673. The zero-order chi connectivity index (χ0) is 18.5. The minimum atomic E-state index is 0.0942. The molecule has 1 fully saturated rings. The molecule has 1 aromatic heterocycles. The molecule has 4 heteroatoms. The summed E-state index contributed by atoms with van der Waals surface area (Å²) in [7, 11) is 0. The van der Waals surface area contributed by atoms with E-state index in [2.05, 4.69) is 42.8 Å². The standard InChI is InChI=1S/C22H30N2O2/c1-16-11-17(2)22(15-25)18(3)21(16)14-24(13-20-8-6-10-26-20)12-19-7-4-5-9-23-19/h4-5,7,9,11,20,25H,6,8,10,12-15H2,1-3H3/t20-/m0/s1. The molecule has 0 unspecified atom stereocenters. The van der Waals surface area contributed by atoms with Crippen molar-refractivity contribution in [2.24, 2.45) is 0 Å². The van der Waals surface area contributed by atoms with Crippen LogP contribution in [-0.4, -0.2) is 34.2 Å². The fourth-order valence-corrected chi connectivity index (χ4v) is 3.96. The van der Waals surface area contributed by atoms with Crippen molar-refractivity contribution in [2.75, 3.05) is 13.2 Å². The molecule has 4 nitrogen and oxygen atoms in total. The van der Waals surface area contributed by atoms with Crippen LogP contribution in [0.25, 0.3) is 0 Å². The van der Waals surface area contributed by atoms with Gasteiger partial charge in [-0.25, -0.2) is 0 Å². The van der Waals surface area contributed by atoms with E-state index < -0.39 is 0 Å². The molecule has 1 atom stereocenters. The van der Waals surface area contributed by atoms with Crippen LogP contribution in [0.2, 0.25) is 0 Å². The molecule has 1 aliphatic heterocycles. The summed E-state index contributed by atoms with van der Waals surface area (Å²) in [5.41, 5.74) is 7.12. The van der Waals surface area contributed by atoms with Crippen molar-refractivity contribution in [1.82, 2.24) is 9.88 Å². The van der Waals surface area contributed by atoms with Gasteiger partial charge in [0, 0.05) is 32.4 Å². The number of hydrogen-bond donors (Lipinski definition) is 1. The Morgan fingerprint density at radius 1 is 1.15 bits per heavy atom. The van der Waals surface area contributed by atoms with E-state index in [1.807, 2.05) is 18.3 Å². The summed E-state index contributed by atoms with van der Waals surface area (Å²) < 4.78 is 5.88. The third-order valence-electron chi connectivity index (χ3n) is 5.43. The SMILES string of the molecule is Cc1cc(C)c(CN(Cc2ccccn2)C[C@@H]2CCCO2)c(C)c1CO. The predicted octanol–water partition coefficient (Wildman–Crippen LogP) is 3.68. The molecule has 3 rings (SSSR count). The minimum absolute atomic E-state index is 0.0942. The number of nitrogens with zero attached hydrogens (tertiary/aromatic N) is 2. The summed E-state index contributed by atoms with van der Waals surface area (Å²) in [5, 5.41) is 9.77. The summed E-state index contributed by atoms with van der Waals surface area (Å²) in [6, 6.07) is 8.27. The Morgan fingerprint density at radius 2 is 1.96 bits per heavy atom. The number of aryl methyl sites for hydroxylation is 2. The summed E-state index contributed by atoms with van der Waals surface area (Å²) >= 11 is 0. The second-order valence-electron chi connectivity index (χ2n) is 7.38. The molecule has 0 spiro atoms. The molecular formula is C22H30N2O2. The number of rotatable bonds is 7. The number of pyridine rings is 1. The molecule has 0 amide bonds. The lowest BCUT2D eigenvalue weighted by atomic mass is 9.93. The Morgan fingerprint density at radius 3 is 2.62 bits per heavy atom. The zero-order valence-corrected chi connectivity index (χ0v) is 16.2. The molecule has 0 bridgehead atoms. The van der Waals surface area contributed by atoms with Gasteiger partial charge in [0.05, 0.1) is 18.4 Å². The van der Waals surface area contributed by atoms with E-state index in [0.29, 0.717) is 6.10 Å². The highest BCUT2D eigenvalue weighted by molar-refractivity contribution is 5.44. The predicted molar refractivity (Wildman–Crippen MR) is 104 cm³/mol. The Bertz CT molecular complexity index is 725. The van der Waals surface area contributed by atoms with E-state index in [9.17, 15) is 5.11 Å².